The van der Waals surface area contributed by atoms with Gasteiger partial charge in [-0.25, -0.2) is 4.98 Å². The number of nitrogens with two attached hydrogens (primary N) is 1. The molecule has 110 valence electrons. The number of hydrogen-bond donors (Lipinski definition) is 2. The van der Waals surface area contributed by atoms with Gasteiger partial charge in [0.1, 0.15) is 12.4 Å². The Bertz CT molecular complexity index is 675. The topological polar surface area (TPSA) is 72.9 Å². The molecule has 0 spiro atoms. The van der Waals surface area contributed by atoms with Gasteiger partial charge in [-0.1, -0.05) is 12.1 Å². The first kappa shape index (κ1) is 13.7. The molecule has 0 fully saturated rings. The maximum Gasteiger partial charge on any atom is 0.244 e. The van der Waals surface area contributed by atoms with Crippen LogP contribution in [0.5, 0.6) is 0 Å². The normalized spacial score (nSPS) is 13.8. The molecule has 0 saturated carbocycles. The molecule has 2 aromatic rings. The van der Waals surface area contributed by atoms with Crippen molar-refractivity contribution in [2.45, 2.75) is 39.2 Å². The van der Waals surface area contributed by atoms with Crippen molar-refractivity contribution in [3.05, 3.63) is 41.5 Å². The average Bonchev–Trinajstić information content (AvgIpc) is 2.78. The van der Waals surface area contributed by atoms with Crippen molar-refractivity contribution in [2.75, 3.05) is 11.1 Å². The maximum absolute atomic E-state index is 12.3. The van der Waals surface area contributed by atoms with Gasteiger partial charge in [-0.3, -0.25) is 4.79 Å². The Morgan fingerprint density at radius 2 is 2.10 bits per heavy atom. The molecule has 0 bridgehead atoms. The molecule has 3 rings (SSSR count). The van der Waals surface area contributed by atoms with Crippen molar-refractivity contribution in [3.8, 4) is 0 Å². The van der Waals surface area contributed by atoms with Gasteiger partial charge >= 0.3 is 0 Å². The highest BCUT2D eigenvalue weighted by atomic mass is 16.1. The molecule has 1 aromatic heterocycles. The number of anilines is 2. The van der Waals surface area contributed by atoms with E-state index in [2.05, 4.69) is 10.3 Å². The number of aryl methyl sites for hydroxylation is 2. The Labute approximate surface area is 124 Å². The number of amides is 1. The smallest absolute Gasteiger partial charge is 0.244 e. The molecular weight excluding hydrogens is 264 g/mol. The summed E-state index contributed by atoms with van der Waals surface area (Å²) >= 11 is 0. The standard InChI is InChI=1S/C16H20N4O/c1-11-18-14-8-4-5-9-15(14)20(11)10-16(21)19-13-7-3-2-6-12(13)17/h2-3,6-7H,4-5,8-10,17H2,1H3,(H,19,21). The number of nitrogens with zero attached hydrogens (tertiary/aromatic N) is 2. The third-order valence-electron chi connectivity index (χ3n) is 3.96. The summed E-state index contributed by atoms with van der Waals surface area (Å²) < 4.78 is 2.03. The maximum atomic E-state index is 12.3. The number of rotatable bonds is 3. The Morgan fingerprint density at radius 1 is 1.33 bits per heavy atom. The third kappa shape index (κ3) is 2.77. The molecule has 0 radical (unpaired) electrons. The predicted octanol–water partition coefficient (Wildman–Crippen LogP) is 2.29. The van der Waals surface area contributed by atoms with Gasteiger partial charge in [-0.2, -0.15) is 0 Å². The minimum atomic E-state index is -0.0678. The molecule has 0 atom stereocenters. The summed E-state index contributed by atoms with van der Waals surface area (Å²) in [5, 5.41) is 2.87. The van der Waals surface area contributed by atoms with Crippen LogP contribution in [0.2, 0.25) is 0 Å². The molecule has 1 aliphatic carbocycles. The number of carbonyl (C=O) groups excluding carboxylic acids is 1. The van der Waals surface area contributed by atoms with Crippen LogP contribution in [0.3, 0.4) is 0 Å². The number of hydrogen-bond acceptors (Lipinski definition) is 3. The van der Waals surface area contributed by atoms with Gasteiger partial charge in [0, 0.05) is 5.69 Å². The number of para-hydroxylation sites is 2. The van der Waals surface area contributed by atoms with E-state index in [9.17, 15) is 4.79 Å². The summed E-state index contributed by atoms with van der Waals surface area (Å²) in [7, 11) is 0. The zero-order valence-electron chi connectivity index (χ0n) is 12.2. The minimum absolute atomic E-state index is 0.0678. The Kier molecular flexibility index (Phi) is 3.64. The summed E-state index contributed by atoms with van der Waals surface area (Å²) in [5.74, 6) is 0.847. The first-order chi connectivity index (χ1) is 10.1. The molecule has 0 saturated heterocycles. The van der Waals surface area contributed by atoms with Crippen LogP contribution in [0.15, 0.2) is 24.3 Å². The molecule has 1 aliphatic rings. The minimum Gasteiger partial charge on any atom is -0.397 e. The second-order valence-electron chi connectivity index (χ2n) is 5.48. The van der Waals surface area contributed by atoms with Crippen molar-refractivity contribution in [1.29, 1.82) is 0 Å². The van der Waals surface area contributed by atoms with Gasteiger partial charge in [-0.05, 0) is 44.7 Å². The first-order valence-corrected chi connectivity index (χ1v) is 7.34. The quantitative estimate of drug-likeness (QED) is 0.849. The second-order valence-corrected chi connectivity index (χ2v) is 5.48. The van der Waals surface area contributed by atoms with E-state index in [-0.39, 0.29) is 5.91 Å². The van der Waals surface area contributed by atoms with Crippen molar-refractivity contribution in [3.63, 3.8) is 0 Å². The SMILES string of the molecule is Cc1nc2c(n1CC(=O)Nc1ccccc1N)CCCC2. The van der Waals surface area contributed by atoms with Crippen LogP contribution >= 0.6 is 0 Å². The van der Waals surface area contributed by atoms with E-state index < -0.39 is 0 Å². The lowest BCUT2D eigenvalue weighted by Crippen LogP contribution is -2.22. The number of imidazole rings is 1. The molecule has 5 heteroatoms. The lowest BCUT2D eigenvalue weighted by Gasteiger charge is -2.15. The van der Waals surface area contributed by atoms with Gasteiger partial charge in [-0.15, -0.1) is 0 Å². The number of nitrogens with one attached hydrogen (secondary N) is 1. The number of fused-ring (bicyclic) bond motifs is 1. The fourth-order valence-corrected chi connectivity index (χ4v) is 2.89. The third-order valence-corrected chi connectivity index (χ3v) is 3.96. The molecule has 1 amide bonds. The van der Waals surface area contributed by atoms with Crippen molar-refractivity contribution < 1.29 is 4.79 Å². The Balaban J connectivity index is 1.76. The summed E-state index contributed by atoms with van der Waals surface area (Å²) in [6.07, 6.45) is 4.40. The van der Waals surface area contributed by atoms with E-state index in [1.54, 1.807) is 6.07 Å². The first-order valence-electron chi connectivity index (χ1n) is 7.34. The molecule has 5 nitrogen and oxygen atoms in total. The van der Waals surface area contributed by atoms with E-state index in [1.165, 1.54) is 18.5 Å². The van der Waals surface area contributed by atoms with Gasteiger partial charge in [0.25, 0.3) is 0 Å². The summed E-state index contributed by atoms with van der Waals surface area (Å²) in [4.78, 5) is 16.8. The highest BCUT2D eigenvalue weighted by Gasteiger charge is 2.19. The molecule has 21 heavy (non-hydrogen) atoms. The van der Waals surface area contributed by atoms with Gasteiger partial charge < -0.3 is 15.6 Å². The fraction of sp³-hybridized carbons (Fsp3) is 0.375. The van der Waals surface area contributed by atoms with Gasteiger partial charge in [0.2, 0.25) is 5.91 Å². The van der Waals surface area contributed by atoms with E-state index in [0.29, 0.717) is 17.9 Å². The summed E-state index contributed by atoms with van der Waals surface area (Å²) in [5.41, 5.74) is 9.46. The van der Waals surface area contributed by atoms with Crippen molar-refractivity contribution in [2.24, 2.45) is 0 Å². The Morgan fingerprint density at radius 3 is 2.90 bits per heavy atom. The van der Waals surface area contributed by atoms with E-state index >= 15 is 0 Å². The number of aromatic nitrogens is 2. The van der Waals surface area contributed by atoms with Crippen LogP contribution in [0.1, 0.15) is 30.1 Å². The second kappa shape index (κ2) is 5.60. The zero-order valence-corrected chi connectivity index (χ0v) is 12.2. The van der Waals surface area contributed by atoms with Gasteiger partial charge in [0.05, 0.1) is 17.1 Å². The van der Waals surface area contributed by atoms with E-state index in [0.717, 1.165) is 24.4 Å². The molecule has 3 N–H and O–H groups in total. The van der Waals surface area contributed by atoms with Crippen molar-refractivity contribution in [1.82, 2.24) is 9.55 Å². The molecular formula is C16H20N4O. The number of carbonyl (C=O) groups is 1. The summed E-state index contributed by atoms with van der Waals surface area (Å²) in [6.45, 7) is 2.25. The van der Waals surface area contributed by atoms with Gasteiger partial charge in [0.15, 0.2) is 0 Å². The molecule has 0 unspecified atom stereocenters. The highest BCUT2D eigenvalue weighted by Crippen LogP contribution is 2.22. The monoisotopic (exact) mass is 284 g/mol. The molecule has 0 aliphatic heterocycles. The number of benzene rings is 1. The van der Waals surface area contributed by atoms with Crippen LogP contribution in [-0.4, -0.2) is 15.5 Å². The largest absolute Gasteiger partial charge is 0.397 e. The van der Waals surface area contributed by atoms with Crippen LogP contribution in [0.4, 0.5) is 11.4 Å². The molecule has 1 aromatic carbocycles. The van der Waals surface area contributed by atoms with Crippen molar-refractivity contribution >= 4 is 17.3 Å². The number of nitrogen functional groups attached to an aromatic ring is 1. The van der Waals surface area contributed by atoms with Crippen LogP contribution in [-0.2, 0) is 24.2 Å². The lowest BCUT2D eigenvalue weighted by molar-refractivity contribution is -0.116. The fourth-order valence-electron chi connectivity index (χ4n) is 2.89. The van der Waals surface area contributed by atoms with Crippen LogP contribution in [0, 0.1) is 6.92 Å². The zero-order chi connectivity index (χ0) is 14.8. The lowest BCUT2D eigenvalue weighted by atomic mass is 10.0. The van der Waals surface area contributed by atoms with Crippen LogP contribution in [0.25, 0.3) is 0 Å². The van der Waals surface area contributed by atoms with E-state index in [1.807, 2.05) is 29.7 Å². The highest BCUT2D eigenvalue weighted by molar-refractivity contribution is 5.93. The van der Waals surface area contributed by atoms with Crippen LogP contribution < -0.4 is 11.1 Å². The summed E-state index contributed by atoms with van der Waals surface area (Å²) in [6, 6.07) is 7.29. The Hall–Kier alpha value is -2.30. The molecule has 1 heterocycles. The predicted molar refractivity (Wildman–Crippen MR) is 83.1 cm³/mol. The van der Waals surface area contributed by atoms with E-state index in [4.69, 9.17) is 5.73 Å². The average molecular weight is 284 g/mol.